The second-order valence-corrected chi connectivity index (χ2v) is 9.73. The Kier molecular flexibility index (Phi) is 11.9. The van der Waals surface area contributed by atoms with Crippen molar-refractivity contribution in [2.24, 2.45) is 11.8 Å². The lowest BCUT2D eigenvalue weighted by Gasteiger charge is -2.08. The van der Waals surface area contributed by atoms with E-state index in [9.17, 15) is 4.79 Å². The summed E-state index contributed by atoms with van der Waals surface area (Å²) in [6.45, 7) is 9.09. The van der Waals surface area contributed by atoms with Gasteiger partial charge in [-0.2, -0.15) is 0 Å². The molecule has 2 rings (SSSR count). The zero-order valence-corrected chi connectivity index (χ0v) is 20.6. The van der Waals surface area contributed by atoms with Crippen molar-refractivity contribution in [2.45, 2.75) is 91.9 Å². The van der Waals surface area contributed by atoms with Gasteiger partial charge in [-0.15, -0.1) is 0 Å². The van der Waals surface area contributed by atoms with Gasteiger partial charge in [-0.1, -0.05) is 90.5 Å². The second kappa shape index (κ2) is 14.7. The van der Waals surface area contributed by atoms with Crippen molar-refractivity contribution in [1.29, 1.82) is 0 Å². The largest absolute Gasteiger partial charge is 0.519 e. The van der Waals surface area contributed by atoms with Gasteiger partial charge in [0.15, 0.2) is 0 Å². The van der Waals surface area contributed by atoms with E-state index in [1.165, 1.54) is 62.5 Å². The molecule has 2 aromatic rings. The maximum atomic E-state index is 12.1. The van der Waals surface area contributed by atoms with Gasteiger partial charge in [-0.05, 0) is 72.9 Å². The van der Waals surface area contributed by atoms with Crippen LogP contribution in [0.15, 0.2) is 48.5 Å². The minimum Gasteiger partial charge on any atom is -0.395 e. The van der Waals surface area contributed by atoms with E-state index in [1.807, 2.05) is 48.5 Å². The molecule has 2 aromatic carbocycles. The van der Waals surface area contributed by atoms with E-state index in [4.69, 9.17) is 9.47 Å². The van der Waals surface area contributed by atoms with Crippen LogP contribution in [-0.2, 0) is 12.8 Å². The molecule has 3 heteroatoms. The predicted octanol–water partition coefficient (Wildman–Crippen LogP) is 8.78. The maximum Gasteiger partial charge on any atom is 0.519 e. The number of unbranched alkanes of at least 4 members (excludes halogenated alkanes) is 4. The molecule has 0 saturated heterocycles. The van der Waals surface area contributed by atoms with Crippen molar-refractivity contribution >= 4 is 6.16 Å². The molecule has 0 aromatic heterocycles. The third kappa shape index (κ3) is 11.4. The van der Waals surface area contributed by atoms with Crippen LogP contribution in [0.25, 0.3) is 0 Å². The van der Waals surface area contributed by atoms with Crippen molar-refractivity contribution in [1.82, 2.24) is 0 Å². The first-order chi connectivity index (χ1) is 15.4. The standard InChI is InChI=1S/C29H42O3/c1-23(2)11-7-5-9-13-25-15-19-27(20-16-25)31-29(30)32-28-21-17-26(18-22-28)14-10-6-8-12-24(3)4/h15-24H,5-14H2,1-4H3. The fourth-order valence-electron chi connectivity index (χ4n) is 3.78. The third-order valence-electron chi connectivity index (χ3n) is 5.74. The van der Waals surface area contributed by atoms with E-state index in [0.29, 0.717) is 11.5 Å². The molecule has 0 aliphatic carbocycles. The number of aryl methyl sites for hydroxylation is 2. The fraction of sp³-hybridized carbons (Fsp3) is 0.552. The Hall–Kier alpha value is -2.29. The summed E-state index contributed by atoms with van der Waals surface area (Å²) >= 11 is 0. The molecule has 0 heterocycles. The molecule has 176 valence electrons. The van der Waals surface area contributed by atoms with Crippen molar-refractivity contribution in [3.8, 4) is 11.5 Å². The molecule has 0 fully saturated rings. The van der Waals surface area contributed by atoms with E-state index >= 15 is 0 Å². The molecule has 32 heavy (non-hydrogen) atoms. The molecule has 0 N–H and O–H groups in total. The van der Waals surface area contributed by atoms with Gasteiger partial charge in [-0.3, -0.25) is 0 Å². The Morgan fingerprint density at radius 1 is 0.594 bits per heavy atom. The average molecular weight is 439 g/mol. The highest BCUT2D eigenvalue weighted by atomic mass is 16.7. The summed E-state index contributed by atoms with van der Waals surface area (Å²) in [6, 6.07) is 15.5. The molecule has 0 aliphatic rings. The monoisotopic (exact) mass is 438 g/mol. The predicted molar refractivity (Wildman–Crippen MR) is 134 cm³/mol. The zero-order chi connectivity index (χ0) is 23.2. The maximum absolute atomic E-state index is 12.1. The molecular weight excluding hydrogens is 396 g/mol. The molecule has 0 amide bonds. The topological polar surface area (TPSA) is 35.5 Å². The van der Waals surface area contributed by atoms with Crippen LogP contribution in [0.2, 0.25) is 0 Å². The van der Waals surface area contributed by atoms with E-state index in [0.717, 1.165) is 24.7 Å². The highest BCUT2D eigenvalue weighted by Crippen LogP contribution is 2.19. The van der Waals surface area contributed by atoms with E-state index < -0.39 is 6.16 Å². The number of hydrogen-bond acceptors (Lipinski definition) is 3. The van der Waals surface area contributed by atoms with Gasteiger partial charge in [0, 0.05) is 0 Å². The van der Waals surface area contributed by atoms with Crippen LogP contribution in [-0.4, -0.2) is 6.16 Å². The molecule has 0 radical (unpaired) electrons. The van der Waals surface area contributed by atoms with Crippen LogP contribution in [0.3, 0.4) is 0 Å². The highest BCUT2D eigenvalue weighted by molar-refractivity contribution is 5.67. The zero-order valence-electron chi connectivity index (χ0n) is 20.6. The Labute approximate surface area is 195 Å². The van der Waals surface area contributed by atoms with E-state index in [1.54, 1.807) is 0 Å². The number of hydrogen-bond donors (Lipinski definition) is 0. The lowest BCUT2D eigenvalue weighted by Crippen LogP contribution is -2.13. The summed E-state index contributed by atoms with van der Waals surface area (Å²) in [5, 5.41) is 0. The smallest absolute Gasteiger partial charge is 0.395 e. The number of benzene rings is 2. The summed E-state index contributed by atoms with van der Waals surface area (Å²) < 4.78 is 10.6. The Bertz CT molecular complexity index is 694. The van der Waals surface area contributed by atoms with Gasteiger partial charge < -0.3 is 9.47 Å². The first-order valence-corrected chi connectivity index (χ1v) is 12.5. The van der Waals surface area contributed by atoms with Crippen LogP contribution in [0.4, 0.5) is 4.79 Å². The number of carbonyl (C=O) groups is 1. The SMILES string of the molecule is CC(C)CCCCCc1ccc(OC(=O)Oc2ccc(CCCCCC(C)C)cc2)cc1. The van der Waals surface area contributed by atoms with E-state index in [2.05, 4.69) is 27.7 Å². The second-order valence-electron chi connectivity index (χ2n) is 9.73. The first kappa shape index (κ1) is 26.0. The molecule has 0 unspecified atom stereocenters. The fourth-order valence-corrected chi connectivity index (χ4v) is 3.78. The summed E-state index contributed by atoms with van der Waals surface area (Å²) in [5.41, 5.74) is 2.55. The van der Waals surface area contributed by atoms with Crippen molar-refractivity contribution in [3.05, 3.63) is 59.7 Å². The highest BCUT2D eigenvalue weighted by Gasteiger charge is 2.08. The minimum absolute atomic E-state index is 0.511. The Balaban J connectivity index is 1.67. The summed E-state index contributed by atoms with van der Waals surface area (Å²) in [7, 11) is 0. The Morgan fingerprint density at radius 3 is 1.31 bits per heavy atom. The van der Waals surface area contributed by atoms with Gasteiger partial charge in [-0.25, -0.2) is 4.79 Å². The van der Waals surface area contributed by atoms with Crippen LogP contribution >= 0.6 is 0 Å². The van der Waals surface area contributed by atoms with Gasteiger partial charge in [0.1, 0.15) is 11.5 Å². The van der Waals surface area contributed by atoms with Gasteiger partial charge in [0.25, 0.3) is 0 Å². The average Bonchev–Trinajstić information content (AvgIpc) is 2.75. The van der Waals surface area contributed by atoms with Crippen LogP contribution < -0.4 is 9.47 Å². The lowest BCUT2D eigenvalue weighted by molar-refractivity contribution is 0.152. The van der Waals surface area contributed by atoms with E-state index in [-0.39, 0.29) is 0 Å². The molecule has 3 nitrogen and oxygen atoms in total. The van der Waals surface area contributed by atoms with Crippen molar-refractivity contribution in [2.75, 3.05) is 0 Å². The van der Waals surface area contributed by atoms with Gasteiger partial charge >= 0.3 is 6.16 Å². The number of carbonyl (C=O) groups excluding carboxylic acids is 1. The summed E-state index contributed by atoms with van der Waals surface area (Å²) in [6.07, 6.45) is 11.5. The van der Waals surface area contributed by atoms with Crippen LogP contribution in [0.5, 0.6) is 11.5 Å². The molecule has 0 aliphatic heterocycles. The molecule has 0 atom stereocenters. The van der Waals surface area contributed by atoms with Crippen molar-refractivity contribution < 1.29 is 14.3 Å². The molecular formula is C29H42O3. The van der Waals surface area contributed by atoms with Gasteiger partial charge in [0.05, 0.1) is 0 Å². The Morgan fingerprint density at radius 2 is 0.969 bits per heavy atom. The number of rotatable bonds is 14. The molecule has 0 bridgehead atoms. The quantitative estimate of drug-likeness (QED) is 0.168. The third-order valence-corrected chi connectivity index (χ3v) is 5.74. The molecule has 0 saturated carbocycles. The van der Waals surface area contributed by atoms with Crippen LogP contribution in [0, 0.1) is 11.8 Å². The molecule has 0 spiro atoms. The van der Waals surface area contributed by atoms with Crippen molar-refractivity contribution in [3.63, 3.8) is 0 Å². The summed E-state index contributed by atoms with van der Waals surface area (Å²) in [4.78, 5) is 12.1. The number of ether oxygens (including phenoxy) is 2. The minimum atomic E-state index is -0.701. The van der Waals surface area contributed by atoms with Crippen LogP contribution in [0.1, 0.15) is 90.2 Å². The lowest BCUT2D eigenvalue weighted by atomic mass is 10.0. The first-order valence-electron chi connectivity index (χ1n) is 12.5. The summed E-state index contributed by atoms with van der Waals surface area (Å²) in [5.74, 6) is 2.59. The van der Waals surface area contributed by atoms with Gasteiger partial charge in [0.2, 0.25) is 0 Å². The normalized spacial score (nSPS) is 11.2.